The van der Waals surface area contributed by atoms with Crippen molar-refractivity contribution >= 4 is 55.6 Å². The van der Waals surface area contributed by atoms with Gasteiger partial charge >= 0.3 is 8.80 Å². The van der Waals surface area contributed by atoms with Gasteiger partial charge < -0.3 is 64.3 Å². The molecule has 1 aromatic heterocycles. The van der Waals surface area contributed by atoms with E-state index in [0.29, 0.717) is 116 Å². The van der Waals surface area contributed by atoms with Crippen LogP contribution in [0.4, 0.5) is 0 Å². The summed E-state index contributed by atoms with van der Waals surface area (Å²) >= 11 is 11.7. The molecule has 2 aromatic rings. The minimum absolute atomic E-state index is 0.0626. The number of rotatable bonds is 62. The second-order valence-corrected chi connectivity index (χ2v) is 32.1. The van der Waals surface area contributed by atoms with Crippen molar-refractivity contribution in [3.05, 3.63) is 29.3 Å². The van der Waals surface area contributed by atoms with Crippen LogP contribution in [-0.4, -0.2) is 149 Å². The van der Waals surface area contributed by atoms with Crippen LogP contribution < -0.4 is 0 Å². The van der Waals surface area contributed by atoms with Crippen LogP contribution in [0.1, 0.15) is 302 Å². The zero-order valence-electron chi connectivity index (χ0n) is 54.3. The number of aliphatic hydroxyl groups excluding tert-OH is 10. The smallest absolute Gasteiger partial charge is 0.393 e. The predicted octanol–water partition coefficient (Wildman–Crippen LogP) is 14.4. The Balaban J connectivity index is 1.75. The Morgan fingerprint density at radius 2 is 0.663 bits per heavy atom. The molecule has 0 radical (unpaired) electrons. The molecule has 0 saturated carbocycles. The molecular weight excluding hydrogens is 1160 g/mol. The summed E-state index contributed by atoms with van der Waals surface area (Å²) in [6.45, 7) is 6.69. The predicted molar refractivity (Wildman–Crippen MR) is 363 cm³/mol. The average Bonchev–Trinajstić information content (AvgIpc) is 1.52. The van der Waals surface area contributed by atoms with Crippen molar-refractivity contribution in [2.45, 2.75) is 368 Å². The maximum Gasteiger partial charge on any atom is 0.528 e. The van der Waals surface area contributed by atoms with Gasteiger partial charge in [0.05, 0.1) is 76.3 Å². The summed E-state index contributed by atoms with van der Waals surface area (Å²) in [5.41, 5.74) is 0.911. The maximum atomic E-state index is 11.1. The molecule has 14 nitrogen and oxygen atoms in total. The molecule has 10 unspecified atom stereocenters. The minimum atomic E-state index is -3.81. The van der Waals surface area contributed by atoms with Crippen molar-refractivity contribution in [3.63, 3.8) is 0 Å². The van der Waals surface area contributed by atoms with E-state index < -0.39 is 73.5 Å². The van der Waals surface area contributed by atoms with Gasteiger partial charge in [0, 0.05) is 26.2 Å². The summed E-state index contributed by atoms with van der Waals surface area (Å²) in [5.74, 6) is 0. The highest BCUT2D eigenvalue weighted by Crippen LogP contribution is 2.40. The molecule has 2 rings (SSSR count). The molecular formula is C68H129NO13S3Si. The lowest BCUT2D eigenvalue weighted by Gasteiger charge is -2.40. The first-order valence-electron chi connectivity index (χ1n) is 34.9. The number of benzene rings is 1. The van der Waals surface area contributed by atoms with Crippen molar-refractivity contribution < 1.29 is 64.3 Å². The third-order valence-electron chi connectivity index (χ3n) is 17.3. The molecule has 10 atom stereocenters. The van der Waals surface area contributed by atoms with E-state index in [-0.39, 0.29) is 32.7 Å². The highest BCUT2D eigenvalue weighted by atomic mass is 32.2. The monoisotopic (exact) mass is 1290 g/mol. The minimum Gasteiger partial charge on any atom is -0.393 e. The Labute approximate surface area is 539 Å². The van der Waals surface area contributed by atoms with Gasteiger partial charge in [-0.1, -0.05) is 167 Å². The van der Waals surface area contributed by atoms with Crippen LogP contribution in [0.2, 0.25) is 0 Å². The molecule has 0 aliphatic carbocycles. The lowest BCUT2D eigenvalue weighted by molar-refractivity contribution is 0.0278. The van der Waals surface area contributed by atoms with Crippen LogP contribution in [0, 0.1) is 0 Å². The number of thiazole rings is 1. The number of para-hydroxylation sites is 1. The Bertz CT molecular complexity index is 1730. The maximum absolute atomic E-state index is 11.1. The van der Waals surface area contributed by atoms with Gasteiger partial charge in [-0.15, -0.1) is 11.3 Å². The van der Waals surface area contributed by atoms with Gasteiger partial charge in [-0.3, -0.25) is 0 Å². The molecule has 0 amide bonds. The van der Waals surface area contributed by atoms with Crippen LogP contribution in [0.15, 0.2) is 24.3 Å². The number of hydrogen-bond acceptors (Lipinski definition) is 17. The van der Waals surface area contributed by atoms with E-state index in [1.165, 1.54) is 116 Å². The Morgan fingerprint density at radius 3 is 0.965 bits per heavy atom. The average molecular weight is 1290 g/mol. The number of fused-ring (bicyclic) bond motifs is 1. The van der Waals surface area contributed by atoms with Crippen molar-refractivity contribution in [2.75, 3.05) is 19.8 Å². The van der Waals surface area contributed by atoms with E-state index in [0.717, 1.165) is 53.7 Å². The molecule has 506 valence electrons. The fourth-order valence-corrected chi connectivity index (χ4v) is 16.3. The quantitative estimate of drug-likeness (QED) is 0.0128. The SMILES string of the molecule is CCCCCCCCCCCCCC(O)CCC(O)CCC(O)CCC(O)CCC(O)CCO[Si](OCC)(OCCC(O)CCC(O)CCC(O)CCC(O)CCC(O)CCCCCCCCCCCCC)C(S)(S)CCc1nc2ccccc2s1. The summed E-state index contributed by atoms with van der Waals surface area (Å²) in [4.78, 5) is 4.80. The number of thiol groups is 2. The highest BCUT2D eigenvalue weighted by molar-refractivity contribution is 8.03. The van der Waals surface area contributed by atoms with Crippen molar-refractivity contribution in [1.82, 2.24) is 4.98 Å². The van der Waals surface area contributed by atoms with Gasteiger partial charge in [0.25, 0.3) is 0 Å². The van der Waals surface area contributed by atoms with Crippen LogP contribution in [-0.2, 0) is 19.7 Å². The second-order valence-electron chi connectivity index (χ2n) is 25.5. The molecule has 0 aliphatic rings. The molecule has 0 bridgehead atoms. The lowest BCUT2D eigenvalue weighted by Crippen LogP contribution is -2.60. The number of nitrogens with zero attached hydrogens (tertiary/aromatic N) is 1. The molecule has 0 fully saturated rings. The van der Waals surface area contributed by atoms with Crippen molar-refractivity contribution in [1.29, 1.82) is 0 Å². The zero-order valence-corrected chi connectivity index (χ0v) is 57.9. The van der Waals surface area contributed by atoms with Gasteiger partial charge in [0.15, 0.2) is 0 Å². The second kappa shape index (κ2) is 51.9. The summed E-state index contributed by atoms with van der Waals surface area (Å²) in [7, 11) is -3.81. The number of unbranched alkanes of at least 4 members (excludes halogenated alkanes) is 20. The number of aliphatic hydroxyl groups is 10. The molecule has 86 heavy (non-hydrogen) atoms. The summed E-state index contributed by atoms with van der Waals surface area (Å²) in [6.07, 6.45) is 30.8. The highest BCUT2D eigenvalue weighted by Gasteiger charge is 2.58. The first kappa shape index (κ1) is 81.6. The molecule has 1 heterocycles. The molecule has 18 heteroatoms. The van der Waals surface area contributed by atoms with Crippen LogP contribution in [0.25, 0.3) is 10.2 Å². The fraction of sp³-hybridized carbons (Fsp3) is 0.897. The standard InChI is InChI=1S/C68H129NO13S3Si/c1-4-7-9-11-13-15-17-19-21-23-25-29-55(70)33-35-57(72)37-39-59(74)41-43-61(76)45-47-63(78)50-53-81-86(80-6-3,68(83,84)52-49-67-69-65-31-27-28-32-66(65)85-67)82-54-51-64(79)48-46-62(77)44-42-60(75)40-38-58(73)36-34-56(71)30-26-24-22-20-18-16-14-12-10-8-5-2/h27-28,31-32,55-64,70-79,83-84H,4-26,29-30,33-54H2,1-3H3. The molecule has 0 spiro atoms. The number of aryl methyl sites for hydroxylation is 1. The third-order valence-corrected chi connectivity index (χ3v) is 23.5. The van der Waals surface area contributed by atoms with Crippen LogP contribution in [0.5, 0.6) is 0 Å². The van der Waals surface area contributed by atoms with Gasteiger partial charge in [0.2, 0.25) is 0 Å². The van der Waals surface area contributed by atoms with Gasteiger partial charge in [-0.05, 0) is 154 Å². The molecule has 10 N–H and O–H groups in total. The van der Waals surface area contributed by atoms with E-state index in [1.807, 2.05) is 31.2 Å². The number of aromatic nitrogens is 1. The topological polar surface area (TPSA) is 243 Å². The van der Waals surface area contributed by atoms with E-state index in [9.17, 15) is 51.1 Å². The first-order valence-corrected chi connectivity index (χ1v) is 38.4. The summed E-state index contributed by atoms with van der Waals surface area (Å²) in [6, 6.07) is 7.94. The Kier molecular flexibility index (Phi) is 49.3. The van der Waals surface area contributed by atoms with E-state index in [1.54, 1.807) is 11.3 Å². The van der Waals surface area contributed by atoms with Gasteiger partial charge in [-0.2, -0.15) is 25.3 Å². The van der Waals surface area contributed by atoms with Gasteiger partial charge in [-0.25, -0.2) is 4.98 Å². The molecule has 0 saturated heterocycles. The van der Waals surface area contributed by atoms with Gasteiger partial charge in [0.1, 0.15) is 3.70 Å². The summed E-state index contributed by atoms with van der Waals surface area (Å²) in [5, 5.41) is 108. The van der Waals surface area contributed by atoms with Crippen molar-refractivity contribution in [3.8, 4) is 0 Å². The van der Waals surface area contributed by atoms with Crippen LogP contribution >= 0.6 is 36.6 Å². The largest absolute Gasteiger partial charge is 0.528 e. The third kappa shape index (κ3) is 41.2. The van der Waals surface area contributed by atoms with Crippen LogP contribution in [0.3, 0.4) is 0 Å². The zero-order chi connectivity index (χ0) is 63.1. The molecule has 0 aliphatic heterocycles. The normalized spacial score (nSPS) is 16.6. The first-order chi connectivity index (χ1) is 41.4. The fourth-order valence-electron chi connectivity index (χ4n) is 11.4. The molecule has 1 aromatic carbocycles. The van der Waals surface area contributed by atoms with E-state index in [4.69, 9.17) is 43.5 Å². The lowest BCUT2D eigenvalue weighted by atomic mass is 9.98. The van der Waals surface area contributed by atoms with Crippen molar-refractivity contribution in [2.24, 2.45) is 0 Å². The Morgan fingerprint density at radius 1 is 0.384 bits per heavy atom. The Hall–Kier alpha value is -0.493. The number of hydrogen-bond donors (Lipinski definition) is 12. The van der Waals surface area contributed by atoms with E-state index >= 15 is 0 Å². The van der Waals surface area contributed by atoms with E-state index in [2.05, 4.69) is 13.8 Å². The summed E-state index contributed by atoms with van der Waals surface area (Å²) < 4.78 is 19.4.